The van der Waals surface area contributed by atoms with Gasteiger partial charge in [0.2, 0.25) is 0 Å². The normalized spacial score (nSPS) is 11.2. The van der Waals surface area contributed by atoms with Crippen molar-refractivity contribution in [2.45, 2.75) is 24.4 Å². The minimum atomic E-state index is -0.392. The fourth-order valence-corrected chi connectivity index (χ4v) is 4.41. The van der Waals surface area contributed by atoms with Crippen LogP contribution < -0.4 is 0 Å². The van der Waals surface area contributed by atoms with E-state index in [4.69, 9.17) is 4.74 Å². The summed E-state index contributed by atoms with van der Waals surface area (Å²) < 4.78 is 8.77. The fraction of sp³-hybridized carbons (Fsp3) is 0.222. The van der Waals surface area contributed by atoms with Gasteiger partial charge in [0.25, 0.3) is 0 Å². The summed E-state index contributed by atoms with van der Waals surface area (Å²) in [4.78, 5) is 17.6. The van der Waals surface area contributed by atoms with Crippen molar-refractivity contribution in [1.82, 2.24) is 24.1 Å². The van der Waals surface area contributed by atoms with Gasteiger partial charge in [-0.15, -0.1) is 21.5 Å². The number of thiophene rings is 1. The molecule has 0 aromatic carbocycles. The van der Waals surface area contributed by atoms with Crippen LogP contribution in [0.25, 0.3) is 16.3 Å². The first kappa shape index (κ1) is 17.7. The lowest BCUT2D eigenvalue weighted by atomic mass is 10.3. The summed E-state index contributed by atoms with van der Waals surface area (Å²) in [6.45, 7) is 2.87. The number of hydrogen-bond acceptors (Lipinski definition) is 7. The first-order valence-electron chi connectivity index (χ1n) is 8.36. The Morgan fingerprint density at radius 1 is 1.30 bits per heavy atom. The van der Waals surface area contributed by atoms with Crippen LogP contribution in [0.15, 0.2) is 47.2 Å². The van der Waals surface area contributed by atoms with Crippen molar-refractivity contribution in [1.29, 1.82) is 0 Å². The molecule has 0 unspecified atom stereocenters. The molecular weight excluding hydrogens is 382 g/mol. The summed E-state index contributed by atoms with van der Waals surface area (Å²) in [7, 11) is 1.37. The van der Waals surface area contributed by atoms with E-state index in [2.05, 4.69) is 26.7 Å². The van der Waals surface area contributed by atoms with Gasteiger partial charge in [0.15, 0.2) is 16.6 Å². The summed E-state index contributed by atoms with van der Waals surface area (Å²) in [5.41, 5.74) is 1.91. The highest BCUT2D eigenvalue weighted by Gasteiger charge is 2.16. The number of pyridine rings is 1. The standard InChI is InChI=1S/C18H17N5O2S2/c1-3-23-16(14-7-5-9-26-14)20-21-18(23)27-11-12-10-22-8-4-6-13(15(22)19-12)17(24)25-2/h4-10H,3,11H2,1-2H3. The first-order valence-corrected chi connectivity index (χ1v) is 10.2. The van der Waals surface area contributed by atoms with Crippen molar-refractivity contribution < 1.29 is 9.53 Å². The number of hydrogen-bond donors (Lipinski definition) is 0. The molecule has 0 saturated heterocycles. The highest BCUT2D eigenvalue weighted by Crippen LogP contribution is 2.28. The number of ether oxygens (including phenoxy) is 1. The molecule has 4 rings (SSSR count). The maximum atomic E-state index is 11.9. The van der Waals surface area contributed by atoms with E-state index in [0.717, 1.165) is 28.1 Å². The van der Waals surface area contributed by atoms with Crippen LogP contribution in [-0.2, 0) is 17.0 Å². The number of rotatable bonds is 6. The van der Waals surface area contributed by atoms with Crippen molar-refractivity contribution >= 4 is 34.7 Å². The molecule has 0 bridgehead atoms. The molecule has 4 aromatic rings. The lowest BCUT2D eigenvalue weighted by molar-refractivity contribution is 0.0602. The summed E-state index contributed by atoms with van der Waals surface area (Å²) in [5.74, 6) is 1.12. The van der Waals surface area contributed by atoms with Gasteiger partial charge in [0.1, 0.15) is 5.56 Å². The molecule has 0 atom stereocenters. The predicted octanol–water partition coefficient (Wildman–Crippen LogP) is 3.75. The van der Waals surface area contributed by atoms with Crippen molar-refractivity contribution in [3.63, 3.8) is 0 Å². The number of esters is 1. The molecule has 0 spiro atoms. The van der Waals surface area contributed by atoms with Crippen LogP contribution in [0.4, 0.5) is 0 Å². The maximum Gasteiger partial charge on any atom is 0.341 e. The monoisotopic (exact) mass is 399 g/mol. The first-order chi connectivity index (χ1) is 13.2. The smallest absolute Gasteiger partial charge is 0.341 e. The molecule has 7 nitrogen and oxygen atoms in total. The van der Waals surface area contributed by atoms with E-state index in [0.29, 0.717) is 17.0 Å². The van der Waals surface area contributed by atoms with E-state index in [1.165, 1.54) is 7.11 Å². The number of aromatic nitrogens is 5. The Hall–Kier alpha value is -2.65. The SMILES string of the molecule is CCn1c(SCc2cn3cccc(C(=O)OC)c3n2)nnc1-c1cccs1. The van der Waals surface area contributed by atoms with Crippen molar-refractivity contribution in [2.75, 3.05) is 7.11 Å². The van der Waals surface area contributed by atoms with Crippen molar-refractivity contribution in [3.8, 4) is 10.7 Å². The Kier molecular flexibility index (Phi) is 4.95. The highest BCUT2D eigenvalue weighted by molar-refractivity contribution is 7.98. The summed E-state index contributed by atoms with van der Waals surface area (Å²) in [6, 6.07) is 7.58. The molecule has 9 heteroatoms. The molecule has 27 heavy (non-hydrogen) atoms. The topological polar surface area (TPSA) is 74.3 Å². The van der Waals surface area contributed by atoms with Gasteiger partial charge in [-0.1, -0.05) is 17.8 Å². The molecule has 4 heterocycles. The van der Waals surface area contributed by atoms with Crippen molar-refractivity contribution in [2.24, 2.45) is 0 Å². The summed E-state index contributed by atoms with van der Waals surface area (Å²) in [5, 5.41) is 11.6. The van der Waals surface area contributed by atoms with Crippen LogP contribution in [0.1, 0.15) is 23.0 Å². The fourth-order valence-electron chi connectivity index (χ4n) is 2.81. The van der Waals surface area contributed by atoms with Gasteiger partial charge in [0, 0.05) is 24.7 Å². The minimum absolute atomic E-state index is 0.392. The zero-order chi connectivity index (χ0) is 18.8. The Labute approximate surface area is 164 Å². The Bertz CT molecular complexity index is 1080. The van der Waals surface area contributed by atoms with Gasteiger partial charge >= 0.3 is 5.97 Å². The molecular formula is C18H17N5O2S2. The maximum absolute atomic E-state index is 11.9. The number of nitrogens with zero attached hydrogens (tertiary/aromatic N) is 5. The van der Waals surface area contributed by atoms with Crippen LogP contribution in [0, 0.1) is 0 Å². The largest absolute Gasteiger partial charge is 0.465 e. The molecule has 4 aromatic heterocycles. The Balaban J connectivity index is 1.58. The van der Waals surface area contributed by atoms with Gasteiger partial charge in [0.05, 0.1) is 17.7 Å². The van der Waals surface area contributed by atoms with E-state index in [1.54, 1.807) is 35.2 Å². The number of fused-ring (bicyclic) bond motifs is 1. The van der Waals surface area contributed by atoms with Crippen LogP contribution >= 0.6 is 23.1 Å². The second kappa shape index (κ2) is 7.53. The third kappa shape index (κ3) is 3.35. The third-order valence-electron chi connectivity index (χ3n) is 4.06. The van der Waals surface area contributed by atoms with E-state index >= 15 is 0 Å². The Morgan fingerprint density at radius 2 is 2.19 bits per heavy atom. The molecule has 0 saturated carbocycles. The lowest BCUT2D eigenvalue weighted by Gasteiger charge is -2.05. The summed E-state index contributed by atoms with van der Waals surface area (Å²) >= 11 is 3.23. The van der Waals surface area contributed by atoms with Gasteiger partial charge in [-0.05, 0) is 30.5 Å². The van der Waals surface area contributed by atoms with Crippen LogP contribution in [-0.4, -0.2) is 37.2 Å². The molecule has 0 radical (unpaired) electrons. The van der Waals surface area contributed by atoms with E-state index in [1.807, 2.05) is 34.3 Å². The highest BCUT2D eigenvalue weighted by atomic mass is 32.2. The van der Waals surface area contributed by atoms with Crippen molar-refractivity contribution in [3.05, 3.63) is 53.3 Å². The van der Waals surface area contributed by atoms with Gasteiger partial charge in [-0.3, -0.25) is 0 Å². The molecule has 0 aliphatic carbocycles. The molecule has 0 amide bonds. The van der Waals surface area contributed by atoms with Gasteiger partial charge < -0.3 is 13.7 Å². The van der Waals surface area contributed by atoms with Gasteiger partial charge in [-0.25, -0.2) is 9.78 Å². The quantitative estimate of drug-likeness (QED) is 0.363. The van der Waals surface area contributed by atoms with Crippen LogP contribution in [0.3, 0.4) is 0 Å². The second-order valence-electron chi connectivity index (χ2n) is 5.69. The third-order valence-corrected chi connectivity index (χ3v) is 5.93. The number of carbonyl (C=O) groups is 1. The number of carbonyl (C=O) groups excluding carboxylic acids is 1. The molecule has 138 valence electrons. The van der Waals surface area contributed by atoms with E-state index in [9.17, 15) is 4.79 Å². The van der Waals surface area contributed by atoms with Gasteiger partial charge in [-0.2, -0.15) is 0 Å². The number of methoxy groups -OCH3 is 1. The molecule has 0 fully saturated rings. The zero-order valence-corrected chi connectivity index (χ0v) is 16.5. The lowest BCUT2D eigenvalue weighted by Crippen LogP contribution is -2.03. The van der Waals surface area contributed by atoms with E-state index < -0.39 is 5.97 Å². The van der Waals surface area contributed by atoms with E-state index in [-0.39, 0.29) is 0 Å². The zero-order valence-electron chi connectivity index (χ0n) is 14.8. The van der Waals surface area contributed by atoms with Crippen LogP contribution in [0.2, 0.25) is 0 Å². The summed E-state index contributed by atoms with van der Waals surface area (Å²) in [6.07, 6.45) is 3.79. The second-order valence-corrected chi connectivity index (χ2v) is 7.58. The number of thioether (sulfide) groups is 1. The molecule has 0 aliphatic rings. The average Bonchev–Trinajstić information content (AvgIpc) is 3.43. The number of imidazole rings is 1. The van der Waals surface area contributed by atoms with Crippen LogP contribution in [0.5, 0.6) is 0 Å². The Morgan fingerprint density at radius 3 is 2.93 bits per heavy atom. The molecule has 0 aliphatic heterocycles. The molecule has 0 N–H and O–H groups in total. The average molecular weight is 400 g/mol. The minimum Gasteiger partial charge on any atom is -0.465 e. The predicted molar refractivity (Wildman–Crippen MR) is 105 cm³/mol.